The molecule has 0 aliphatic rings. The van der Waals surface area contributed by atoms with Gasteiger partial charge in [-0.05, 0) is 43.9 Å². The van der Waals surface area contributed by atoms with Gasteiger partial charge >= 0.3 is 0 Å². The molecule has 1 unspecified atom stereocenters. The molecule has 4 heteroatoms. The molecular formula is C16H23N3O. The van der Waals surface area contributed by atoms with Crippen LogP contribution in [0, 0.1) is 0 Å². The summed E-state index contributed by atoms with van der Waals surface area (Å²) in [7, 11) is 0. The van der Waals surface area contributed by atoms with E-state index >= 15 is 0 Å². The van der Waals surface area contributed by atoms with E-state index in [1.165, 1.54) is 10.9 Å². The number of ether oxygens (including phenoxy) is 1. The Labute approximate surface area is 120 Å². The van der Waals surface area contributed by atoms with Gasteiger partial charge in [-0.15, -0.1) is 0 Å². The highest BCUT2D eigenvalue weighted by molar-refractivity contribution is 5.81. The highest BCUT2D eigenvalue weighted by Crippen LogP contribution is 2.18. The number of benzene rings is 1. The Morgan fingerprint density at radius 2 is 2.15 bits per heavy atom. The molecule has 1 aromatic carbocycles. The first-order valence-corrected chi connectivity index (χ1v) is 7.21. The first-order chi connectivity index (χ1) is 9.85. The standard InChI is InChI=1S/C16H23N3O/c1-2-20-11-5-6-14(19-17)12-13-9-10-18-16-8-4-3-7-15(13)16/h3-4,7-10,14,19H,2,5-6,11-12,17H2,1H3. The van der Waals surface area contributed by atoms with Crippen molar-refractivity contribution in [1.29, 1.82) is 0 Å². The molecule has 0 fully saturated rings. The summed E-state index contributed by atoms with van der Waals surface area (Å²) in [4.78, 5) is 4.39. The lowest BCUT2D eigenvalue weighted by molar-refractivity contribution is 0.140. The van der Waals surface area contributed by atoms with Crippen LogP contribution in [0.4, 0.5) is 0 Å². The molecule has 0 aliphatic heterocycles. The van der Waals surface area contributed by atoms with Crippen LogP contribution in [-0.2, 0) is 11.2 Å². The van der Waals surface area contributed by atoms with Crippen LogP contribution in [0.1, 0.15) is 25.3 Å². The Balaban J connectivity index is 2.02. The molecule has 108 valence electrons. The predicted molar refractivity (Wildman–Crippen MR) is 82.3 cm³/mol. The summed E-state index contributed by atoms with van der Waals surface area (Å²) >= 11 is 0. The molecule has 0 bridgehead atoms. The fourth-order valence-electron chi connectivity index (χ4n) is 2.42. The number of fused-ring (bicyclic) bond motifs is 1. The quantitative estimate of drug-likeness (QED) is 0.440. The molecule has 0 aliphatic carbocycles. The minimum absolute atomic E-state index is 0.265. The summed E-state index contributed by atoms with van der Waals surface area (Å²) in [6.07, 6.45) is 4.80. The molecule has 2 aromatic rings. The third kappa shape index (κ3) is 4.00. The van der Waals surface area contributed by atoms with E-state index in [2.05, 4.69) is 22.5 Å². The van der Waals surface area contributed by atoms with E-state index in [1.807, 2.05) is 31.3 Å². The van der Waals surface area contributed by atoms with E-state index in [0.717, 1.165) is 38.0 Å². The average molecular weight is 273 g/mol. The van der Waals surface area contributed by atoms with Crippen LogP contribution in [0.5, 0.6) is 0 Å². The number of nitrogens with two attached hydrogens (primary N) is 1. The van der Waals surface area contributed by atoms with Crippen LogP contribution in [0.3, 0.4) is 0 Å². The first kappa shape index (κ1) is 14.9. The smallest absolute Gasteiger partial charge is 0.0704 e. The van der Waals surface area contributed by atoms with Crippen LogP contribution in [0.15, 0.2) is 36.5 Å². The second kappa shape index (κ2) is 7.94. The molecular weight excluding hydrogens is 250 g/mol. The lowest BCUT2D eigenvalue weighted by Gasteiger charge is -2.17. The third-order valence-electron chi connectivity index (χ3n) is 3.49. The highest BCUT2D eigenvalue weighted by Gasteiger charge is 2.10. The fourth-order valence-corrected chi connectivity index (χ4v) is 2.42. The van der Waals surface area contributed by atoms with Crippen molar-refractivity contribution in [3.05, 3.63) is 42.1 Å². The molecule has 1 aromatic heterocycles. The van der Waals surface area contributed by atoms with Gasteiger partial charge in [-0.25, -0.2) is 0 Å². The normalized spacial score (nSPS) is 12.7. The van der Waals surface area contributed by atoms with Crippen molar-refractivity contribution < 1.29 is 4.74 Å². The lowest BCUT2D eigenvalue weighted by atomic mass is 9.99. The van der Waals surface area contributed by atoms with Gasteiger partial charge in [0.05, 0.1) is 5.52 Å². The van der Waals surface area contributed by atoms with Crippen LogP contribution in [-0.4, -0.2) is 24.2 Å². The monoisotopic (exact) mass is 273 g/mol. The second-order valence-electron chi connectivity index (χ2n) is 4.89. The largest absolute Gasteiger partial charge is 0.382 e. The van der Waals surface area contributed by atoms with Crippen LogP contribution in [0.2, 0.25) is 0 Å². The van der Waals surface area contributed by atoms with Crippen molar-refractivity contribution in [2.75, 3.05) is 13.2 Å². The molecule has 0 amide bonds. The van der Waals surface area contributed by atoms with Crippen LogP contribution >= 0.6 is 0 Å². The maximum absolute atomic E-state index is 5.67. The first-order valence-electron chi connectivity index (χ1n) is 7.21. The Hall–Kier alpha value is -1.49. The Kier molecular flexibility index (Phi) is 5.92. The zero-order valence-corrected chi connectivity index (χ0v) is 12.0. The zero-order valence-electron chi connectivity index (χ0n) is 12.0. The Morgan fingerprint density at radius 3 is 2.95 bits per heavy atom. The van der Waals surface area contributed by atoms with Gasteiger partial charge in [0.2, 0.25) is 0 Å². The van der Waals surface area contributed by atoms with Gasteiger partial charge in [0.15, 0.2) is 0 Å². The summed E-state index contributed by atoms with van der Waals surface area (Å²) in [6.45, 7) is 3.59. The maximum Gasteiger partial charge on any atom is 0.0704 e. The number of aromatic nitrogens is 1. The van der Waals surface area contributed by atoms with Gasteiger partial charge in [0.25, 0.3) is 0 Å². The van der Waals surface area contributed by atoms with Gasteiger partial charge in [0.1, 0.15) is 0 Å². The molecule has 0 radical (unpaired) electrons. The molecule has 20 heavy (non-hydrogen) atoms. The van der Waals surface area contributed by atoms with Crippen molar-refractivity contribution in [3.8, 4) is 0 Å². The molecule has 3 N–H and O–H groups in total. The average Bonchev–Trinajstić information content (AvgIpc) is 2.50. The highest BCUT2D eigenvalue weighted by atomic mass is 16.5. The predicted octanol–water partition coefficient (Wildman–Crippen LogP) is 2.43. The Morgan fingerprint density at radius 1 is 1.30 bits per heavy atom. The Bertz CT molecular complexity index is 525. The molecule has 0 saturated carbocycles. The number of nitrogens with one attached hydrogen (secondary N) is 1. The van der Waals surface area contributed by atoms with Crippen molar-refractivity contribution in [2.45, 2.75) is 32.2 Å². The minimum atomic E-state index is 0.265. The van der Waals surface area contributed by atoms with E-state index in [9.17, 15) is 0 Å². The van der Waals surface area contributed by atoms with E-state index in [1.54, 1.807) is 0 Å². The van der Waals surface area contributed by atoms with Crippen LogP contribution < -0.4 is 11.3 Å². The van der Waals surface area contributed by atoms with Crippen molar-refractivity contribution in [1.82, 2.24) is 10.4 Å². The van der Waals surface area contributed by atoms with Crippen molar-refractivity contribution >= 4 is 10.9 Å². The summed E-state index contributed by atoms with van der Waals surface area (Å²) < 4.78 is 5.37. The number of hydrogen-bond donors (Lipinski definition) is 2. The van der Waals surface area contributed by atoms with Gasteiger partial charge < -0.3 is 4.74 Å². The maximum atomic E-state index is 5.67. The minimum Gasteiger partial charge on any atom is -0.382 e. The van der Waals surface area contributed by atoms with Gasteiger partial charge in [-0.2, -0.15) is 0 Å². The SMILES string of the molecule is CCOCCCC(Cc1ccnc2ccccc12)NN. The van der Waals surface area contributed by atoms with E-state index < -0.39 is 0 Å². The summed E-state index contributed by atoms with van der Waals surface area (Å²) in [5.74, 6) is 5.67. The number of pyridine rings is 1. The van der Waals surface area contributed by atoms with E-state index in [-0.39, 0.29) is 6.04 Å². The summed E-state index contributed by atoms with van der Waals surface area (Å²) in [5.41, 5.74) is 5.24. The van der Waals surface area contributed by atoms with E-state index in [4.69, 9.17) is 10.6 Å². The molecule has 1 heterocycles. The van der Waals surface area contributed by atoms with Crippen molar-refractivity contribution in [3.63, 3.8) is 0 Å². The third-order valence-corrected chi connectivity index (χ3v) is 3.49. The second-order valence-corrected chi connectivity index (χ2v) is 4.89. The number of hydrazine groups is 1. The number of nitrogens with zero attached hydrogens (tertiary/aromatic N) is 1. The topological polar surface area (TPSA) is 60.2 Å². The molecule has 4 nitrogen and oxygen atoms in total. The van der Waals surface area contributed by atoms with Gasteiger partial charge in [-0.1, -0.05) is 18.2 Å². The van der Waals surface area contributed by atoms with Gasteiger partial charge in [0, 0.05) is 30.8 Å². The number of para-hydroxylation sites is 1. The summed E-state index contributed by atoms with van der Waals surface area (Å²) in [6, 6.07) is 10.6. The summed E-state index contributed by atoms with van der Waals surface area (Å²) in [5, 5.41) is 1.21. The molecule has 1 atom stereocenters. The van der Waals surface area contributed by atoms with Gasteiger partial charge in [-0.3, -0.25) is 16.3 Å². The van der Waals surface area contributed by atoms with E-state index in [0.29, 0.717) is 0 Å². The molecule has 0 spiro atoms. The number of rotatable bonds is 8. The zero-order chi connectivity index (χ0) is 14.2. The lowest BCUT2D eigenvalue weighted by Crippen LogP contribution is -2.37. The molecule has 2 rings (SSSR count). The molecule has 0 saturated heterocycles. The van der Waals surface area contributed by atoms with Crippen molar-refractivity contribution in [2.24, 2.45) is 5.84 Å². The van der Waals surface area contributed by atoms with Crippen LogP contribution in [0.25, 0.3) is 10.9 Å². The number of hydrogen-bond acceptors (Lipinski definition) is 4. The fraction of sp³-hybridized carbons (Fsp3) is 0.438.